The molecule has 22 nitrogen and oxygen atoms in total. The number of primary amides is 1. The lowest BCUT2D eigenvalue weighted by molar-refractivity contribution is -0.163. The number of aromatic nitrogens is 2. The van der Waals surface area contributed by atoms with Crippen LogP contribution in [-0.2, 0) is 116 Å². The number of allylic oxidation sites excluding steroid dienone is 2. The highest BCUT2D eigenvalue weighted by atomic mass is 31.2. The molecule has 0 bridgehead atoms. The van der Waals surface area contributed by atoms with E-state index in [1.807, 2.05) is 60.7 Å². The molecule has 1 unspecified atom stereocenters. The van der Waals surface area contributed by atoms with Crippen LogP contribution in [-0.4, -0.2) is 101 Å². The lowest BCUT2D eigenvalue weighted by Gasteiger charge is -2.31. The molecule has 0 radical (unpaired) electrons. The maximum atomic E-state index is 16.3. The van der Waals surface area contributed by atoms with Gasteiger partial charge in [-0.25, -0.2) is 4.79 Å². The molecule has 5 amide bonds. The molecule has 1 aromatic heterocycles. The zero-order valence-electron chi connectivity index (χ0n) is 56.1. The van der Waals surface area contributed by atoms with E-state index in [1.165, 1.54) is 69.2 Å². The van der Waals surface area contributed by atoms with Gasteiger partial charge >= 0.3 is 30.9 Å². The lowest BCUT2D eigenvalue weighted by Crippen LogP contribution is -2.54. The Morgan fingerprint density at radius 2 is 1.40 bits per heavy atom. The highest BCUT2D eigenvalue weighted by molar-refractivity contribution is 7.54. The molecule has 4 aromatic carbocycles. The summed E-state index contributed by atoms with van der Waals surface area (Å²) in [6.45, 7) is 11.6. The summed E-state index contributed by atoms with van der Waals surface area (Å²) < 4.78 is 81.6. The summed E-state index contributed by atoms with van der Waals surface area (Å²) in [6.07, 6.45) is 7.31. The number of para-hydroxylation sites is 1. The van der Waals surface area contributed by atoms with E-state index in [9.17, 15) is 47.7 Å². The number of hydrogen-bond acceptors (Lipinski definition) is 16. The Morgan fingerprint density at radius 1 is 0.771 bits per heavy atom. The fraction of sp³-hybridized carbons (Fsp3) is 0.507. The normalized spacial score (nSPS) is 17.6. The molecular formula is C71H89F2N6O16P. The SMILES string of the molecule is C/C(=C\C(=O)C[C@H]1CCc2cccc3c2N(C1=O)[C@H](C(=O)N[C@@H](CCC(N)=O)[C@@H](C)OCc1ccc(CCCOCCCCCc2ccc4c(c2)n(C)c(=O)n4C2CCC(=O)NC2=O)cc1)C3)c1ccc(C(F)(F)P(=O)(OCOC(=O)C(C)(C)C)OCOC(=O)C(C)(C)C)cc1. The van der Waals surface area contributed by atoms with Crippen LogP contribution >= 0.6 is 7.60 Å². The van der Waals surface area contributed by atoms with Crippen molar-refractivity contribution in [1.29, 1.82) is 0 Å². The smallest absolute Gasteiger partial charge is 0.410 e. The van der Waals surface area contributed by atoms with Gasteiger partial charge in [0.2, 0.25) is 43.1 Å². The third-order valence-corrected chi connectivity index (χ3v) is 19.4. The van der Waals surface area contributed by atoms with Crippen LogP contribution in [0.3, 0.4) is 0 Å². The van der Waals surface area contributed by atoms with Gasteiger partial charge in [0.25, 0.3) is 0 Å². The van der Waals surface area contributed by atoms with Crippen molar-refractivity contribution in [3.63, 3.8) is 0 Å². The number of esters is 2. The number of alkyl halides is 2. The highest BCUT2D eigenvalue weighted by Crippen LogP contribution is 2.67. The van der Waals surface area contributed by atoms with E-state index in [4.69, 9.17) is 33.7 Å². The minimum atomic E-state index is -5.59. The number of nitrogens with two attached hydrogens (primary N) is 1. The van der Waals surface area contributed by atoms with Crippen molar-refractivity contribution < 1.29 is 79.7 Å². The lowest BCUT2D eigenvalue weighted by atomic mass is 9.92. The van der Waals surface area contributed by atoms with Gasteiger partial charge in [0.05, 0.1) is 46.3 Å². The fourth-order valence-electron chi connectivity index (χ4n) is 11.9. The van der Waals surface area contributed by atoms with Crippen molar-refractivity contribution in [2.75, 3.05) is 31.7 Å². The molecule has 1 fully saturated rings. The molecule has 5 aromatic rings. The maximum absolute atomic E-state index is 16.3. The molecular weight excluding hydrogens is 1260 g/mol. The molecule has 0 aliphatic carbocycles. The Bertz CT molecular complexity index is 3800. The van der Waals surface area contributed by atoms with E-state index in [1.54, 1.807) is 25.5 Å². The van der Waals surface area contributed by atoms with Gasteiger partial charge in [-0.15, -0.1) is 0 Å². The van der Waals surface area contributed by atoms with Gasteiger partial charge in [0.1, 0.15) is 12.1 Å². The second kappa shape index (κ2) is 31.9. The van der Waals surface area contributed by atoms with Gasteiger partial charge in [-0.3, -0.25) is 71.3 Å². The molecule has 4 N–H and O–H groups in total. The van der Waals surface area contributed by atoms with Crippen molar-refractivity contribution in [2.24, 2.45) is 29.5 Å². The van der Waals surface area contributed by atoms with Gasteiger partial charge in [0.15, 0.2) is 5.78 Å². The number of anilines is 1. The summed E-state index contributed by atoms with van der Waals surface area (Å²) >= 11 is 0. The van der Waals surface area contributed by atoms with Gasteiger partial charge in [0, 0.05) is 57.4 Å². The second-order valence-corrected chi connectivity index (χ2v) is 29.1. The first-order chi connectivity index (χ1) is 45.4. The number of hydrogen-bond donors (Lipinski definition) is 3. The van der Waals surface area contributed by atoms with Crippen molar-refractivity contribution in [1.82, 2.24) is 19.8 Å². The number of carbonyl (C=O) groups excluding carboxylic acids is 8. The summed E-state index contributed by atoms with van der Waals surface area (Å²) in [5.41, 5.74) is 5.53. The molecule has 5 atom stereocenters. The molecule has 96 heavy (non-hydrogen) atoms. The minimum absolute atomic E-state index is 0.0414. The number of nitrogens with zero attached hydrogens (tertiary/aromatic N) is 3. The third-order valence-electron chi connectivity index (χ3n) is 17.5. The molecule has 0 spiro atoms. The molecule has 518 valence electrons. The average molecular weight is 1350 g/mol. The van der Waals surface area contributed by atoms with Crippen molar-refractivity contribution in [3.05, 3.63) is 140 Å². The van der Waals surface area contributed by atoms with Gasteiger partial charge in [-0.1, -0.05) is 79.2 Å². The topological polar surface area (TPSA) is 289 Å². The summed E-state index contributed by atoms with van der Waals surface area (Å²) in [5, 5.41) is 5.43. The van der Waals surface area contributed by atoms with E-state index >= 15 is 8.78 Å². The highest BCUT2D eigenvalue weighted by Gasteiger charge is 2.56. The zero-order chi connectivity index (χ0) is 69.9. The number of nitrogens with one attached hydrogen (secondary N) is 2. The number of aryl methyl sites for hydroxylation is 4. The van der Waals surface area contributed by atoms with Gasteiger partial charge in [-0.05, 0) is 170 Å². The predicted molar refractivity (Wildman–Crippen MR) is 354 cm³/mol. The number of ether oxygens (including phenoxy) is 4. The quantitative estimate of drug-likeness (QED) is 0.00901. The van der Waals surface area contributed by atoms with Crippen molar-refractivity contribution in [2.45, 2.75) is 182 Å². The van der Waals surface area contributed by atoms with Crippen LogP contribution in [0.2, 0.25) is 0 Å². The first kappa shape index (κ1) is 73.8. The first-order valence-corrected chi connectivity index (χ1v) is 34.2. The molecule has 0 saturated carbocycles. The van der Waals surface area contributed by atoms with Crippen LogP contribution in [0.5, 0.6) is 0 Å². The number of rotatable bonds is 32. The van der Waals surface area contributed by atoms with Crippen LogP contribution in [0.15, 0.2) is 95.8 Å². The molecule has 3 aliphatic heterocycles. The van der Waals surface area contributed by atoms with Crippen LogP contribution in [0.25, 0.3) is 16.6 Å². The Balaban J connectivity index is 0.807. The van der Waals surface area contributed by atoms with Gasteiger partial charge in [-0.2, -0.15) is 8.78 Å². The largest absolute Gasteiger partial charge is 0.438 e. The molecule has 1 saturated heterocycles. The number of imidazole rings is 1. The van der Waals surface area contributed by atoms with E-state index in [0.717, 1.165) is 84.0 Å². The number of ketones is 1. The Morgan fingerprint density at radius 3 is 2.04 bits per heavy atom. The van der Waals surface area contributed by atoms with Crippen molar-refractivity contribution >= 4 is 77.1 Å². The molecule has 4 heterocycles. The fourth-order valence-corrected chi connectivity index (χ4v) is 13.1. The number of piperidine rings is 1. The molecule has 25 heteroatoms. The Labute approximate surface area is 557 Å². The summed E-state index contributed by atoms with van der Waals surface area (Å²) in [6, 6.07) is 21.6. The number of carbonyl (C=O) groups is 8. The first-order valence-electron chi connectivity index (χ1n) is 32.6. The van der Waals surface area contributed by atoms with Crippen LogP contribution in [0.1, 0.15) is 165 Å². The maximum Gasteiger partial charge on any atom is 0.410 e. The van der Waals surface area contributed by atoms with Crippen molar-refractivity contribution in [3.8, 4) is 0 Å². The number of amides is 5. The van der Waals surface area contributed by atoms with Crippen LogP contribution < -0.4 is 27.0 Å². The summed E-state index contributed by atoms with van der Waals surface area (Å²) in [7, 11) is -3.90. The standard InChI is InChI=1S/C71H89F2N6O16P/c1-44(49-26-28-53(29-27-49)71(72,73)96(89,94-42-92-66(86)69(3,4)5)95-43-93-67(87)70(6,7)8)37-54(80)39-52-25-24-50-17-13-18-51-40-59(79(62(50)51)65(52)85)64(84)75-55(30-33-60(74)81)45(2)91-41-48-21-19-46(20-22-48)16-14-36-90-35-12-10-11-15-47-23-31-56-58(38-47)77(9)68(88)78(56)57-32-34-61(82)76-63(57)83/h13,17-23,26-29,31,37-38,45,52,55,57,59H,10-12,14-16,24-25,30,32-36,39-43H2,1-9H3,(H2,74,81)(H,75,84)(H,76,82,83)/b44-37+/t45-,52-,55+,57?,59+/m1/s1. The summed E-state index contributed by atoms with van der Waals surface area (Å²) in [5.74, 6) is -5.17. The minimum Gasteiger partial charge on any atom is -0.438 e. The third kappa shape index (κ3) is 18.3. The monoisotopic (exact) mass is 1350 g/mol. The van der Waals surface area contributed by atoms with E-state index in [-0.39, 0.29) is 56.7 Å². The number of halogens is 2. The number of unbranched alkanes of at least 4 members (excludes halogenated alkanes) is 2. The van der Waals surface area contributed by atoms with Crippen LogP contribution in [0, 0.1) is 16.7 Å². The predicted octanol–water partition coefficient (Wildman–Crippen LogP) is 10.3. The average Bonchev–Trinajstić information content (AvgIpc) is 1.63. The molecule has 3 aliphatic rings. The molecule has 8 rings (SSSR count). The Kier molecular flexibility index (Phi) is 24.5. The van der Waals surface area contributed by atoms with E-state index in [0.29, 0.717) is 48.4 Å². The number of benzene rings is 4. The second-order valence-electron chi connectivity index (χ2n) is 27.0. The van der Waals surface area contributed by atoms with E-state index < -0.39 is 115 Å². The van der Waals surface area contributed by atoms with E-state index in [2.05, 4.69) is 10.6 Å². The van der Waals surface area contributed by atoms with Gasteiger partial charge < -0.3 is 30.0 Å². The number of imide groups is 1. The zero-order valence-corrected chi connectivity index (χ0v) is 57.0. The Hall–Kier alpha value is -8.02. The van der Waals surface area contributed by atoms with Crippen LogP contribution in [0.4, 0.5) is 14.5 Å². The number of fused-ring (bicyclic) bond motifs is 1. The summed E-state index contributed by atoms with van der Waals surface area (Å²) in [4.78, 5) is 119.